The van der Waals surface area contributed by atoms with Gasteiger partial charge < -0.3 is 20.1 Å². The number of hydrogen-bond acceptors (Lipinski definition) is 4. The topological polar surface area (TPSA) is 59.6 Å². The van der Waals surface area contributed by atoms with E-state index in [1.807, 2.05) is 38.1 Å². The molecule has 1 rings (SSSR count). The van der Waals surface area contributed by atoms with Crippen molar-refractivity contribution in [3.63, 3.8) is 0 Å². The Morgan fingerprint density at radius 3 is 2.59 bits per heavy atom. The molecule has 0 saturated carbocycles. The zero-order valence-corrected chi connectivity index (χ0v) is 14.4. The SMILES string of the molecule is CCC(Oc1ccccc1C)C(=O)NCCNCCOC.Cl. The second-order valence-electron chi connectivity index (χ2n) is 4.81. The van der Waals surface area contributed by atoms with Crippen LogP contribution in [0.4, 0.5) is 0 Å². The number of ether oxygens (including phenoxy) is 2. The summed E-state index contributed by atoms with van der Waals surface area (Å²) in [7, 11) is 1.66. The number of carbonyl (C=O) groups excluding carboxylic acids is 1. The van der Waals surface area contributed by atoms with Crippen LogP contribution in [0.5, 0.6) is 5.75 Å². The van der Waals surface area contributed by atoms with Crippen molar-refractivity contribution in [1.82, 2.24) is 10.6 Å². The average Bonchev–Trinajstić information content (AvgIpc) is 2.49. The Balaban J connectivity index is 0.00000441. The predicted octanol–water partition coefficient (Wildman–Crippen LogP) is 1.93. The molecule has 5 nitrogen and oxygen atoms in total. The highest BCUT2D eigenvalue weighted by atomic mass is 35.5. The zero-order valence-electron chi connectivity index (χ0n) is 13.6. The molecule has 1 amide bonds. The number of rotatable bonds is 10. The fourth-order valence-electron chi connectivity index (χ4n) is 1.85. The van der Waals surface area contributed by atoms with Crippen LogP contribution in [0.3, 0.4) is 0 Å². The first kappa shape index (κ1) is 20.7. The first-order valence-corrected chi connectivity index (χ1v) is 7.38. The minimum atomic E-state index is -0.454. The van der Waals surface area contributed by atoms with Crippen molar-refractivity contribution in [2.24, 2.45) is 0 Å². The second-order valence-corrected chi connectivity index (χ2v) is 4.81. The molecule has 0 saturated heterocycles. The van der Waals surface area contributed by atoms with Gasteiger partial charge in [-0.2, -0.15) is 0 Å². The van der Waals surface area contributed by atoms with Crippen LogP contribution in [0.15, 0.2) is 24.3 Å². The lowest BCUT2D eigenvalue weighted by Gasteiger charge is -2.18. The summed E-state index contributed by atoms with van der Waals surface area (Å²) in [4.78, 5) is 12.1. The molecule has 126 valence electrons. The van der Waals surface area contributed by atoms with Gasteiger partial charge in [0.15, 0.2) is 6.10 Å². The molecule has 1 atom stereocenters. The van der Waals surface area contributed by atoms with Crippen LogP contribution in [0.2, 0.25) is 0 Å². The van der Waals surface area contributed by atoms with Crippen molar-refractivity contribution < 1.29 is 14.3 Å². The Kier molecular flexibility index (Phi) is 11.5. The standard InChI is InChI=1S/C16H26N2O3.ClH/c1-4-14(21-15-8-6-5-7-13(15)2)16(19)18-10-9-17-11-12-20-3;/h5-8,14,17H,4,9-12H2,1-3H3,(H,18,19);1H. The number of nitrogens with one attached hydrogen (secondary N) is 2. The van der Waals surface area contributed by atoms with Crippen LogP contribution in [0.25, 0.3) is 0 Å². The third-order valence-electron chi connectivity index (χ3n) is 3.11. The van der Waals surface area contributed by atoms with E-state index in [2.05, 4.69) is 10.6 Å². The zero-order chi connectivity index (χ0) is 15.5. The van der Waals surface area contributed by atoms with Gasteiger partial charge in [-0.1, -0.05) is 25.1 Å². The van der Waals surface area contributed by atoms with Crippen molar-refractivity contribution in [2.75, 3.05) is 33.4 Å². The molecule has 0 spiro atoms. The molecule has 0 bridgehead atoms. The van der Waals surface area contributed by atoms with Crippen LogP contribution in [-0.4, -0.2) is 45.4 Å². The quantitative estimate of drug-likeness (QED) is 0.644. The molecule has 1 aromatic carbocycles. The van der Waals surface area contributed by atoms with E-state index in [9.17, 15) is 4.79 Å². The first-order valence-electron chi connectivity index (χ1n) is 7.38. The predicted molar refractivity (Wildman–Crippen MR) is 90.9 cm³/mol. The molecular formula is C16H27ClN2O3. The van der Waals surface area contributed by atoms with E-state index >= 15 is 0 Å². The van der Waals surface area contributed by atoms with E-state index in [4.69, 9.17) is 9.47 Å². The molecule has 2 N–H and O–H groups in total. The van der Waals surface area contributed by atoms with E-state index < -0.39 is 6.10 Å². The second kappa shape index (κ2) is 12.3. The average molecular weight is 331 g/mol. The monoisotopic (exact) mass is 330 g/mol. The Morgan fingerprint density at radius 1 is 1.23 bits per heavy atom. The van der Waals surface area contributed by atoms with Crippen molar-refractivity contribution in [1.29, 1.82) is 0 Å². The molecule has 0 aliphatic carbocycles. The van der Waals surface area contributed by atoms with E-state index in [1.165, 1.54) is 0 Å². The number of benzene rings is 1. The number of amides is 1. The van der Waals surface area contributed by atoms with E-state index in [0.717, 1.165) is 24.4 Å². The third kappa shape index (κ3) is 7.64. The lowest BCUT2D eigenvalue weighted by molar-refractivity contribution is -0.128. The summed E-state index contributed by atoms with van der Waals surface area (Å²) in [6.07, 6.45) is 0.183. The Hall–Kier alpha value is -1.30. The smallest absolute Gasteiger partial charge is 0.261 e. The number of carbonyl (C=O) groups is 1. The lowest BCUT2D eigenvalue weighted by atomic mass is 10.2. The highest BCUT2D eigenvalue weighted by molar-refractivity contribution is 5.85. The number of methoxy groups -OCH3 is 1. The molecular weight excluding hydrogens is 304 g/mol. The number of hydrogen-bond donors (Lipinski definition) is 2. The normalized spacial score (nSPS) is 11.4. The molecule has 1 unspecified atom stereocenters. The van der Waals surface area contributed by atoms with Crippen LogP contribution >= 0.6 is 12.4 Å². The molecule has 0 aromatic heterocycles. The molecule has 0 radical (unpaired) electrons. The summed E-state index contributed by atoms with van der Waals surface area (Å²) in [6.45, 7) is 6.66. The summed E-state index contributed by atoms with van der Waals surface area (Å²) in [5, 5.41) is 6.06. The maximum Gasteiger partial charge on any atom is 0.261 e. The Morgan fingerprint density at radius 2 is 1.95 bits per heavy atom. The maximum absolute atomic E-state index is 12.1. The summed E-state index contributed by atoms with van der Waals surface area (Å²) in [6, 6.07) is 7.72. The van der Waals surface area contributed by atoms with Gasteiger partial charge in [0.05, 0.1) is 6.61 Å². The van der Waals surface area contributed by atoms with E-state index in [0.29, 0.717) is 19.6 Å². The molecule has 0 heterocycles. The summed E-state index contributed by atoms with van der Waals surface area (Å²) in [5.41, 5.74) is 1.03. The van der Waals surface area contributed by atoms with Crippen molar-refractivity contribution >= 4 is 18.3 Å². The molecule has 22 heavy (non-hydrogen) atoms. The fourth-order valence-corrected chi connectivity index (χ4v) is 1.85. The van der Waals surface area contributed by atoms with Crippen molar-refractivity contribution in [2.45, 2.75) is 26.4 Å². The minimum absolute atomic E-state index is 0. The molecule has 6 heteroatoms. The van der Waals surface area contributed by atoms with Gasteiger partial charge in [-0.15, -0.1) is 12.4 Å². The van der Waals surface area contributed by atoms with Gasteiger partial charge in [0, 0.05) is 26.7 Å². The molecule has 0 aliphatic heterocycles. The van der Waals surface area contributed by atoms with Crippen molar-refractivity contribution in [3.05, 3.63) is 29.8 Å². The molecule has 0 aliphatic rings. The van der Waals surface area contributed by atoms with E-state index in [-0.39, 0.29) is 18.3 Å². The summed E-state index contributed by atoms with van der Waals surface area (Å²) in [5.74, 6) is 0.687. The highest BCUT2D eigenvalue weighted by Gasteiger charge is 2.18. The number of aryl methyl sites for hydroxylation is 1. The molecule has 0 fully saturated rings. The minimum Gasteiger partial charge on any atom is -0.480 e. The van der Waals surface area contributed by atoms with Crippen LogP contribution in [0.1, 0.15) is 18.9 Å². The van der Waals surface area contributed by atoms with Gasteiger partial charge in [-0.25, -0.2) is 0 Å². The molecule has 1 aromatic rings. The van der Waals surface area contributed by atoms with Crippen molar-refractivity contribution in [3.8, 4) is 5.75 Å². The first-order chi connectivity index (χ1) is 10.2. The van der Waals surface area contributed by atoms with Crippen LogP contribution in [0, 0.1) is 6.92 Å². The Bertz CT molecular complexity index is 430. The largest absolute Gasteiger partial charge is 0.480 e. The maximum atomic E-state index is 12.1. The Labute approximate surface area is 139 Å². The number of halogens is 1. The van der Waals surface area contributed by atoms with Crippen LogP contribution in [-0.2, 0) is 9.53 Å². The fraction of sp³-hybridized carbons (Fsp3) is 0.562. The number of para-hydroxylation sites is 1. The lowest BCUT2D eigenvalue weighted by Crippen LogP contribution is -2.41. The van der Waals surface area contributed by atoms with Gasteiger partial charge in [0.25, 0.3) is 5.91 Å². The summed E-state index contributed by atoms with van der Waals surface area (Å²) >= 11 is 0. The van der Waals surface area contributed by atoms with E-state index in [1.54, 1.807) is 7.11 Å². The van der Waals surface area contributed by atoms with Gasteiger partial charge in [-0.3, -0.25) is 4.79 Å². The third-order valence-corrected chi connectivity index (χ3v) is 3.11. The highest BCUT2D eigenvalue weighted by Crippen LogP contribution is 2.18. The van der Waals surface area contributed by atoms with Crippen LogP contribution < -0.4 is 15.4 Å². The van der Waals surface area contributed by atoms with Gasteiger partial charge in [0.2, 0.25) is 0 Å². The van der Waals surface area contributed by atoms with Gasteiger partial charge in [-0.05, 0) is 25.0 Å². The van der Waals surface area contributed by atoms with Gasteiger partial charge >= 0.3 is 0 Å². The summed E-state index contributed by atoms with van der Waals surface area (Å²) < 4.78 is 10.7. The van der Waals surface area contributed by atoms with Gasteiger partial charge in [0.1, 0.15) is 5.75 Å².